The second-order valence-electron chi connectivity index (χ2n) is 6.34. The highest BCUT2D eigenvalue weighted by atomic mass is 32.1. The quantitative estimate of drug-likeness (QED) is 0.531. The van der Waals surface area contributed by atoms with Crippen molar-refractivity contribution < 1.29 is 13.9 Å². The maximum Gasteiger partial charge on any atom is 0.315 e. The number of ether oxygens (including phenoxy) is 1. The number of carbonyl (C=O) groups excluding carboxylic acids is 1. The Bertz CT molecular complexity index is 1310. The highest BCUT2D eigenvalue weighted by Crippen LogP contribution is 2.21. The molecule has 0 N–H and O–H groups in total. The standard InChI is InChI=1S/C21H18N2O4S/c1-13-6-5-9-18-19(13)23(10-11-26-2)21(28-18)22-20(25)17-12-15(24)14-7-3-4-8-16(14)27-17/h3-9,12H,10-11H2,1-2H3. The van der Waals surface area contributed by atoms with Crippen molar-refractivity contribution >= 4 is 38.4 Å². The summed E-state index contributed by atoms with van der Waals surface area (Å²) in [5.74, 6) is -0.658. The van der Waals surface area contributed by atoms with Crippen LogP contribution in [0.3, 0.4) is 0 Å². The second kappa shape index (κ2) is 7.53. The van der Waals surface area contributed by atoms with Gasteiger partial charge in [-0.2, -0.15) is 4.99 Å². The van der Waals surface area contributed by atoms with E-state index in [9.17, 15) is 9.59 Å². The van der Waals surface area contributed by atoms with Crippen molar-refractivity contribution in [2.24, 2.45) is 4.99 Å². The molecule has 0 aliphatic carbocycles. The van der Waals surface area contributed by atoms with Crippen LogP contribution in [0.4, 0.5) is 0 Å². The van der Waals surface area contributed by atoms with Gasteiger partial charge in [0.25, 0.3) is 0 Å². The maximum atomic E-state index is 12.8. The van der Waals surface area contributed by atoms with Crippen LogP contribution in [0.5, 0.6) is 0 Å². The number of hydrogen-bond acceptors (Lipinski definition) is 5. The van der Waals surface area contributed by atoms with E-state index < -0.39 is 5.91 Å². The van der Waals surface area contributed by atoms with Crippen LogP contribution in [-0.4, -0.2) is 24.2 Å². The van der Waals surface area contributed by atoms with Gasteiger partial charge in [0.2, 0.25) is 0 Å². The van der Waals surface area contributed by atoms with E-state index in [0.29, 0.717) is 28.9 Å². The minimum Gasteiger partial charge on any atom is -0.451 e. The van der Waals surface area contributed by atoms with Crippen molar-refractivity contribution in [2.75, 3.05) is 13.7 Å². The number of carbonyl (C=O) groups is 1. The molecule has 6 nitrogen and oxygen atoms in total. The second-order valence-corrected chi connectivity index (χ2v) is 7.35. The molecule has 0 saturated carbocycles. The molecular formula is C21H18N2O4S. The first-order chi connectivity index (χ1) is 13.6. The fraction of sp³-hybridized carbons (Fsp3) is 0.190. The highest BCUT2D eigenvalue weighted by molar-refractivity contribution is 7.16. The molecule has 0 aliphatic heterocycles. The Balaban J connectivity index is 1.86. The lowest BCUT2D eigenvalue weighted by Gasteiger charge is -2.06. The Kier molecular flexibility index (Phi) is 4.93. The summed E-state index contributed by atoms with van der Waals surface area (Å²) >= 11 is 1.42. The first-order valence-corrected chi connectivity index (χ1v) is 9.60. The number of aryl methyl sites for hydroxylation is 1. The third kappa shape index (κ3) is 3.30. The number of hydrogen-bond donors (Lipinski definition) is 0. The zero-order valence-corrected chi connectivity index (χ0v) is 16.3. The van der Waals surface area contributed by atoms with Crippen LogP contribution in [0, 0.1) is 6.92 Å². The molecular weight excluding hydrogens is 376 g/mol. The number of thiazole rings is 1. The Labute approximate surface area is 164 Å². The molecule has 0 spiro atoms. The van der Waals surface area contributed by atoms with Crippen LogP contribution >= 0.6 is 11.3 Å². The summed E-state index contributed by atoms with van der Waals surface area (Å²) in [5.41, 5.74) is 2.22. The molecule has 0 unspecified atom stereocenters. The topological polar surface area (TPSA) is 73.8 Å². The zero-order valence-electron chi connectivity index (χ0n) is 15.5. The van der Waals surface area contributed by atoms with E-state index in [0.717, 1.165) is 15.8 Å². The summed E-state index contributed by atoms with van der Waals surface area (Å²) in [5, 5.41) is 0.437. The fourth-order valence-electron chi connectivity index (χ4n) is 3.13. The number of rotatable bonds is 4. The van der Waals surface area contributed by atoms with Gasteiger partial charge in [-0.1, -0.05) is 35.6 Å². The smallest absolute Gasteiger partial charge is 0.315 e. The van der Waals surface area contributed by atoms with E-state index in [1.165, 1.54) is 17.4 Å². The van der Waals surface area contributed by atoms with Crippen molar-refractivity contribution in [1.82, 2.24) is 4.57 Å². The number of benzene rings is 2. The van der Waals surface area contributed by atoms with Gasteiger partial charge in [-0.3, -0.25) is 9.59 Å². The van der Waals surface area contributed by atoms with Gasteiger partial charge in [0.1, 0.15) is 5.58 Å². The van der Waals surface area contributed by atoms with Crippen LogP contribution in [0.2, 0.25) is 0 Å². The van der Waals surface area contributed by atoms with Crippen molar-refractivity contribution in [1.29, 1.82) is 0 Å². The first kappa shape index (κ1) is 18.3. The summed E-state index contributed by atoms with van der Waals surface area (Å²) in [6.07, 6.45) is 0. The summed E-state index contributed by atoms with van der Waals surface area (Å²) in [6, 6.07) is 14.0. The van der Waals surface area contributed by atoms with Gasteiger partial charge in [-0.15, -0.1) is 0 Å². The molecule has 142 valence electrons. The minimum atomic E-state index is -0.585. The van der Waals surface area contributed by atoms with Crippen LogP contribution in [-0.2, 0) is 11.3 Å². The number of amides is 1. The van der Waals surface area contributed by atoms with E-state index in [4.69, 9.17) is 9.15 Å². The van der Waals surface area contributed by atoms with Crippen LogP contribution in [0.25, 0.3) is 21.2 Å². The Morgan fingerprint density at radius 3 is 2.86 bits per heavy atom. The van der Waals surface area contributed by atoms with E-state index in [-0.39, 0.29) is 11.2 Å². The normalized spacial score (nSPS) is 12.1. The van der Waals surface area contributed by atoms with E-state index in [1.807, 2.05) is 29.7 Å². The largest absolute Gasteiger partial charge is 0.451 e. The van der Waals surface area contributed by atoms with Crippen molar-refractivity contribution in [3.05, 3.63) is 74.9 Å². The molecule has 0 aliphatic rings. The molecule has 0 fully saturated rings. The third-order valence-electron chi connectivity index (χ3n) is 4.46. The summed E-state index contributed by atoms with van der Waals surface area (Å²) in [6.45, 7) is 3.08. The summed E-state index contributed by atoms with van der Waals surface area (Å²) < 4.78 is 13.8. The summed E-state index contributed by atoms with van der Waals surface area (Å²) in [7, 11) is 1.63. The Morgan fingerprint density at radius 2 is 2.04 bits per heavy atom. The zero-order chi connectivity index (χ0) is 19.7. The molecule has 7 heteroatoms. The lowest BCUT2D eigenvalue weighted by molar-refractivity contribution is 0.0971. The SMILES string of the molecule is COCCn1c(=NC(=O)c2cc(=O)c3ccccc3o2)sc2cccc(C)c21. The average molecular weight is 394 g/mol. The van der Waals surface area contributed by atoms with E-state index in [2.05, 4.69) is 4.99 Å². The number of fused-ring (bicyclic) bond motifs is 2. The highest BCUT2D eigenvalue weighted by Gasteiger charge is 2.14. The lowest BCUT2D eigenvalue weighted by atomic mass is 10.2. The van der Waals surface area contributed by atoms with Crippen LogP contribution in [0.15, 0.2) is 62.7 Å². The van der Waals surface area contributed by atoms with Gasteiger partial charge >= 0.3 is 5.91 Å². The minimum absolute atomic E-state index is 0.0730. The maximum absolute atomic E-state index is 12.8. The van der Waals surface area contributed by atoms with Crippen LogP contribution in [0.1, 0.15) is 16.1 Å². The van der Waals surface area contributed by atoms with Gasteiger partial charge in [0, 0.05) is 19.7 Å². The molecule has 0 radical (unpaired) electrons. The van der Waals surface area contributed by atoms with Crippen molar-refractivity contribution in [3.8, 4) is 0 Å². The van der Waals surface area contributed by atoms with Crippen LogP contribution < -0.4 is 10.2 Å². The number of para-hydroxylation sites is 2. The van der Waals surface area contributed by atoms with Gasteiger partial charge in [-0.05, 0) is 30.7 Å². The Hall–Kier alpha value is -3.03. The monoisotopic (exact) mass is 394 g/mol. The lowest BCUT2D eigenvalue weighted by Crippen LogP contribution is -2.20. The van der Waals surface area contributed by atoms with Gasteiger partial charge < -0.3 is 13.7 Å². The molecule has 2 aromatic carbocycles. The van der Waals surface area contributed by atoms with Gasteiger partial charge in [0.15, 0.2) is 16.0 Å². The molecule has 2 aromatic heterocycles. The van der Waals surface area contributed by atoms with Crippen molar-refractivity contribution in [2.45, 2.75) is 13.5 Å². The fourth-order valence-corrected chi connectivity index (χ4v) is 4.27. The summed E-state index contributed by atoms with van der Waals surface area (Å²) in [4.78, 5) is 29.8. The van der Waals surface area contributed by atoms with E-state index >= 15 is 0 Å². The molecule has 0 bridgehead atoms. The first-order valence-electron chi connectivity index (χ1n) is 8.78. The van der Waals surface area contributed by atoms with Crippen molar-refractivity contribution in [3.63, 3.8) is 0 Å². The van der Waals surface area contributed by atoms with E-state index in [1.54, 1.807) is 31.4 Å². The number of aromatic nitrogens is 1. The molecule has 1 amide bonds. The number of methoxy groups -OCH3 is 1. The predicted octanol–water partition coefficient (Wildman–Crippen LogP) is 3.51. The average Bonchev–Trinajstić information content (AvgIpc) is 3.04. The molecule has 28 heavy (non-hydrogen) atoms. The van der Waals surface area contributed by atoms with Gasteiger partial charge in [0.05, 0.1) is 22.2 Å². The molecule has 0 atom stereocenters. The molecule has 2 heterocycles. The van der Waals surface area contributed by atoms with Gasteiger partial charge in [-0.25, -0.2) is 0 Å². The molecule has 4 rings (SSSR count). The molecule has 0 saturated heterocycles. The Morgan fingerprint density at radius 1 is 1.21 bits per heavy atom. The third-order valence-corrected chi connectivity index (χ3v) is 5.51. The number of nitrogens with zero attached hydrogens (tertiary/aromatic N) is 2. The predicted molar refractivity (Wildman–Crippen MR) is 109 cm³/mol. The molecule has 4 aromatic rings.